The Morgan fingerprint density at radius 2 is 1.92 bits per heavy atom. The zero-order valence-electron chi connectivity index (χ0n) is 15.4. The van der Waals surface area contributed by atoms with E-state index in [1.807, 2.05) is 26.8 Å². The van der Waals surface area contributed by atoms with Crippen molar-refractivity contribution in [3.63, 3.8) is 0 Å². The van der Waals surface area contributed by atoms with Crippen LogP contribution in [0.2, 0.25) is 5.02 Å². The lowest BCUT2D eigenvalue weighted by Gasteiger charge is -2.12. The number of pyridine rings is 1. The molecule has 2 nitrogen and oxygen atoms in total. The normalized spacial score (nSPS) is 11.8. The van der Waals surface area contributed by atoms with Crippen molar-refractivity contribution in [2.75, 3.05) is 5.75 Å². The summed E-state index contributed by atoms with van der Waals surface area (Å²) in [6.45, 7) is 9.39. The average molecular weight is 403 g/mol. The van der Waals surface area contributed by atoms with Gasteiger partial charge in [0.25, 0.3) is 0 Å². The molecule has 0 N–H and O–H groups in total. The largest absolute Gasteiger partial charge is 0.417 e. The van der Waals surface area contributed by atoms with Crippen LogP contribution in [0.1, 0.15) is 44.5 Å². The van der Waals surface area contributed by atoms with Crippen LogP contribution in [-0.4, -0.2) is 16.4 Å². The first-order chi connectivity index (χ1) is 12.2. The second kappa shape index (κ2) is 9.97. The van der Waals surface area contributed by atoms with Gasteiger partial charge in [-0.2, -0.15) is 13.2 Å². The molecular weight excluding hydrogens is 381 g/mol. The molecule has 0 fully saturated rings. The molecule has 0 aliphatic rings. The highest BCUT2D eigenvalue weighted by molar-refractivity contribution is 7.99. The molecule has 2 aromatic rings. The molecular formula is C19H22ClF3N2S. The number of aryl methyl sites for hydroxylation is 1. The minimum Gasteiger partial charge on any atom is -0.259 e. The number of benzene rings is 1. The Hall–Kier alpha value is -1.53. The van der Waals surface area contributed by atoms with E-state index < -0.39 is 11.7 Å². The molecule has 1 aromatic heterocycles. The van der Waals surface area contributed by atoms with Gasteiger partial charge >= 0.3 is 6.18 Å². The Balaban J connectivity index is 0.00000163. The zero-order chi connectivity index (χ0) is 19.9. The van der Waals surface area contributed by atoms with Crippen LogP contribution >= 0.6 is 23.4 Å². The maximum absolute atomic E-state index is 12.9. The Kier molecular flexibility index (Phi) is 8.63. The molecule has 0 aliphatic carbocycles. The van der Waals surface area contributed by atoms with E-state index in [4.69, 9.17) is 11.6 Å². The third-order valence-corrected chi connectivity index (χ3v) is 4.77. The van der Waals surface area contributed by atoms with Gasteiger partial charge in [-0.15, -0.1) is 11.8 Å². The highest BCUT2D eigenvalue weighted by Crippen LogP contribution is 2.34. The molecule has 7 heteroatoms. The van der Waals surface area contributed by atoms with Gasteiger partial charge in [-0.1, -0.05) is 44.5 Å². The van der Waals surface area contributed by atoms with Crippen LogP contribution in [0.4, 0.5) is 18.9 Å². The van der Waals surface area contributed by atoms with Crippen LogP contribution in [0, 0.1) is 6.92 Å². The van der Waals surface area contributed by atoms with E-state index in [9.17, 15) is 13.2 Å². The second-order valence-corrected chi connectivity index (χ2v) is 6.75. The van der Waals surface area contributed by atoms with Gasteiger partial charge in [0, 0.05) is 22.4 Å². The number of hydrogen-bond donors (Lipinski definition) is 0. The van der Waals surface area contributed by atoms with Crippen LogP contribution in [0.25, 0.3) is 0 Å². The third kappa shape index (κ3) is 5.74. The van der Waals surface area contributed by atoms with Gasteiger partial charge in [-0.3, -0.25) is 9.98 Å². The van der Waals surface area contributed by atoms with Crippen molar-refractivity contribution in [2.24, 2.45) is 4.99 Å². The summed E-state index contributed by atoms with van der Waals surface area (Å²) in [5.41, 5.74) is 1.24. The predicted octanol–water partition coefficient (Wildman–Crippen LogP) is 7.34. The Bertz CT molecular complexity index is 774. The molecule has 0 saturated carbocycles. The highest BCUT2D eigenvalue weighted by Gasteiger charge is 2.31. The van der Waals surface area contributed by atoms with E-state index >= 15 is 0 Å². The van der Waals surface area contributed by atoms with Crippen molar-refractivity contribution in [3.8, 4) is 0 Å². The molecule has 0 unspecified atom stereocenters. The minimum absolute atomic E-state index is 0.203. The van der Waals surface area contributed by atoms with E-state index in [0.717, 1.165) is 28.5 Å². The van der Waals surface area contributed by atoms with Gasteiger partial charge < -0.3 is 0 Å². The van der Waals surface area contributed by atoms with E-state index in [0.29, 0.717) is 16.4 Å². The molecule has 0 amide bonds. The number of thioether (sulfide) groups is 1. The molecule has 0 saturated heterocycles. The number of halogens is 4. The Morgan fingerprint density at radius 1 is 1.27 bits per heavy atom. The molecule has 0 aliphatic heterocycles. The lowest BCUT2D eigenvalue weighted by atomic mass is 10.1. The molecule has 26 heavy (non-hydrogen) atoms. The summed E-state index contributed by atoms with van der Waals surface area (Å²) in [5.74, 6) is 0.828. The van der Waals surface area contributed by atoms with Gasteiger partial charge in [0.15, 0.2) is 0 Å². The maximum atomic E-state index is 12.9. The van der Waals surface area contributed by atoms with Crippen molar-refractivity contribution >= 4 is 34.8 Å². The summed E-state index contributed by atoms with van der Waals surface area (Å²) >= 11 is 7.81. The number of rotatable bonds is 4. The van der Waals surface area contributed by atoms with Gasteiger partial charge in [-0.25, -0.2) is 0 Å². The molecule has 2 rings (SSSR count). The average Bonchev–Trinajstić information content (AvgIpc) is 2.59. The van der Waals surface area contributed by atoms with Crippen LogP contribution in [0.5, 0.6) is 0 Å². The third-order valence-electron chi connectivity index (χ3n) is 3.32. The summed E-state index contributed by atoms with van der Waals surface area (Å²) in [6.07, 6.45) is -3.63. The van der Waals surface area contributed by atoms with Gasteiger partial charge in [-0.05, 0) is 31.7 Å². The molecule has 1 heterocycles. The van der Waals surface area contributed by atoms with E-state index in [1.54, 1.807) is 37.7 Å². The second-order valence-electron chi connectivity index (χ2n) is 5.07. The standard InChI is InChI=1S/C17H16ClF3N2S.C2H6/c1-4-24-16-13(6-5-7-14(16)18)10(2)23-15-8-12(17(19,20)21)9-22-11(15)3;1-2/h5-9H,4H2,1-3H3;1-2H3. The molecule has 142 valence electrons. The molecule has 0 radical (unpaired) electrons. The van der Waals surface area contributed by atoms with E-state index in [2.05, 4.69) is 9.98 Å². The number of aliphatic imine (C=N–C) groups is 1. The van der Waals surface area contributed by atoms with Gasteiger partial charge in [0.2, 0.25) is 0 Å². The monoisotopic (exact) mass is 402 g/mol. The van der Waals surface area contributed by atoms with Gasteiger partial charge in [0.1, 0.15) is 0 Å². The first-order valence-corrected chi connectivity index (χ1v) is 9.61. The van der Waals surface area contributed by atoms with Crippen molar-refractivity contribution in [2.45, 2.75) is 45.7 Å². The molecule has 0 atom stereocenters. The molecule has 0 bridgehead atoms. The maximum Gasteiger partial charge on any atom is 0.417 e. The van der Waals surface area contributed by atoms with Crippen molar-refractivity contribution < 1.29 is 13.2 Å². The lowest BCUT2D eigenvalue weighted by Crippen LogP contribution is -2.06. The first kappa shape index (κ1) is 22.5. The van der Waals surface area contributed by atoms with Crippen LogP contribution < -0.4 is 0 Å². The summed E-state index contributed by atoms with van der Waals surface area (Å²) in [4.78, 5) is 9.05. The summed E-state index contributed by atoms with van der Waals surface area (Å²) in [6, 6.07) is 6.46. The van der Waals surface area contributed by atoms with Crippen LogP contribution in [0.15, 0.2) is 40.4 Å². The topological polar surface area (TPSA) is 25.2 Å². The van der Waals surface area contributed by atoms with Crippen molar-refractivity contribution in [3.05, 3.63) is 52.3 Å². The number of hydrogen-bond acceptors (Lipinski definition) is 3. The smallest absolute Gasteiger partial charge is 0.259 e. The Morgan fingerprint density at radius 3 is 2.50 bits per heavy atom. The molecule has 1 aromatic carbocycles. The highest BCUT2D eigenvalue weighted by atomic mass is 35.5. The lowest BCUT2D eigenvalue weighted by molar-refractivity contribution is -0.137. The summed E-state index contributed by atoms with van der Waals surface area (Å²) < 4.78 is 38.6. The quantitative estimate of drug-likeness (QED) is 0.394. The number of nitrogens with zero attached hydrogens (tertiary/aromatic N) is 2. The summed E-state index contributed by atoms with van der Waals surface area (Å²) in [7, 11) is 0. The number of alkyl halides is 3. The fraction of sp³-hybridized carbons (Fsp3) is 0.368. The van der Waals surface area contributed by atoms with Crippen LogP contribution in [0.3, 0.4) is 0 Å². The van der Waals surface area contributed by atoms with E-state index in [1.165, 1.54) is 0 Å². The van der Waals surface area contributed by atoms with E-state index in [-0.39, 0.29) is 5.69 Å². The van der Waals surface area contributed by atoms with Crippen molar-refractivity contribution in [1.82, 2.24) is 4.98 Å². The minimum atomic E-state index is -4.45. The van der Waals surface area contributed by atoms with Crippen LogP contribution in [-0.2, 0) is 6.18 Å². The van der Waals surface area contributed by atoms with Crippen molar-refractivity contribution in [1.29, 1.82) is 0 Å². The van der Waals surface area contributed by atoms with Gasteiger partial charge in [0.05, 0.1) is 22.0 Å². The Labute approximate surface area is 161 Å². The SMILES string of the molecule is CC.CCSc1c(Cl)cccc1C(C)=Nc1cc(C(F)(F)F)cnc1C. The predicted molar refractivity (Wildman–Crippen MR) is 105 cm³/mol. The first-order valence-electron chi connectivity index (χ1n) is 8.24. The number of aromatic nitrogens is 1. The summed E-state index contributed by atoms with van der Waals surface area (Å²) in [5, 5.41) is 0.604. The fourth-order valence-electron chi connectivity index (χ4n) is 2.12. The molecule has 0 spiro atoms. The fourth-order valence-corrected chi connectivity index (χ4v) is 3.32. The zero-order valence-corrected chi connectivity index (χ0v) is 17.0.